The van der Waals surface area contributed by atoms with Crippen molar-refractivity contribution in [2.45, 2.75) is 45.7 Å². The first kappa shape index (κ1) is 24.7. The minimum absolute atomic E-state index is 0.0880. The van der Waals surface area contributed by atoms with E-state index < -0.39 is 5.91 Å². The van der Waals surface area contributed by atoms with E-state index in [1.807, 2.05) is 19.9 Å². The molecule has 1 aromatic carbocycles. The van der Waals surface area contributed by atoms with Gasteiger partial charge in [-0.1, -0.05) is 13.8 Å². The smallest absolute Gasteiger partial charge is 0.264 e. The van der Waals surface area contributed by atoms with Crippen molar-refractivity contribution in [2.24, 2.45) is 0 Å². The first-order valence-corrected chi connectivity index (χ1v) is 10.8. The van der Waals surface area contributed by atoms with Crippen LogP contribution in [0.2, 0.25) is 0 Å². The fourth-order valence-electron chi connectivity index (χ4n) is 3.62. The average Bonchev–Trinajstić information content (AvgIpc) is 2.89. The van der Waals surface area contributed by atoms with Crippen LogP contribution in [0.5, 0.6) is 11.5 Å². The molecule has 2 heterocycles. The molecule has 8 heteroatoms. The fraction of sp³-hybridized carbons (Fsp3) is 0.565. The molecule has 8 nitrogen and oxygen atoms in total. The largest absolute Gasteiger partial charge is 0.493 e. The highest BCUT2D eigenvalue weighted by Crippen LogP contribution is 2.36. The molecule has 1 amide bonds. The Hall–Kier alpha value is -2.58. The summed E-state index contributed by atoms with van der Waals surface area (Å²) < 4.78 is 23.3. The molecule has 0 saturated carbocycles. The Morgan fingerprint density at radius 1 is 1.13 bits per heavy atom. The molecule has 0 aliphatic carbocycles. The highest BCUT2D eigenvalue weighted by Gasteiger charge is 2.22. The molecule has 0 radical (unpaired) electrons. The number of amides is 1. The number of rotatable bonds is 7. The first-order valence-electron chi connectivity index (χ1n) is 10.8. The normalized spacial score (nSPS) is 13.4. The summed E-state index contributed by atoms with van der Waals surface area (Å²) >= 11 is 0. The number of carbonyl (C=O) groups excluding carboxylic acids is 1. The Balaban J connectivity index is 0.00000166. The third-order valence-corrected chi connectivity index (χ3v) is 4.98. The molecule has 3 rings (SSSR count). The fourth-order valence-corrected chi connectivity index (χ4v) is 3.62. The van der Waals surface area contributed by atoms with Crippen LogP contribution >= 0.6 is 0 Å². The standard InChI is InChI=1S/C21H28N2O6.C2H6/c1-26-12-15(13-27-2)22-20(24)16-11-14-7-8-17(28-3)19-18(14)23(21(16)25)9-5-4-6-10-29-19;1-2/h7-8,11,15H,4-6,9-10,12-13H2,1-3H3,(H,22,24);1-2H3. The number of pyridine rings is 1. The van der Waals surface area contributed by atoms with Gasteiger partial charge in [-0.25, -0.2) is 0 Å². The number of aryl methyl sites for hydroxylation is 1. The maximum Gasteiger partial charge on any atom is 0.264 e. The Labute approximate surface area is 183 Å². The topological polar surface area (TPSA) is 88.0 Å². The number of hydrogen-bond acceptors (Lipinski definition) is 6. The van der Waals surface area contributed by atoms with Crippen molar-refractivity contribution in [3.05, 3.63) is 34.1 Å². The van der Waals surface area contributed by atoms with E-state index in [0.717, 1.165) is 24.6 Å². The third-order valence-electron chi connectivity index (χ3n) is 4.98. The number of hydrogen-bond donors (Lipinski definition) is 1. The molecular formula is C23H34N2O6. The Bertz CT molecular complexity index is 918. The van der Waals surface area contributed by atoms with Gasteiger partial charge in [-0.15, -0.1) is 0 Å². The van der Waals surface area contributed by atoms with Crippen LogP contribution in [0.3, 0.4) is 0 Å². The van der Waals surface area contributed by atoms with Crippen molar-refractivity contribution in [2.75, 3.05) is 41.2 Å². The van der Waals surface area contributed by atoms with Crippen LogP contribution in [0.25, 0.3) is 10.9 Å². The maximum absolute atomic E-state index is 13.3. The Morgan fingerprint density at radius 2 is 1.84 bits per heavy atom. The molecule has 0 fully saturated rings. The van der Waals surface area contributed by atoms with E-state index >= 15 is 0 Å². The number of ether oxygens (including phenoxy) is 4. The zero-order valence-electron chi connectivity index (χ0n) is 19.2. The third kappa shape index (κ3) is 5.77. The van der Waals surface area contributed by atoms with Gasteiger partial charge in [0.2, 0.25) is 0 Å². The van der Waals surface area contributed by atoms with Crippen LogP contribution in [0.4, 0.5) is 0 Å². The molecule has 0 saturated heterocycles. The van der Waals surface area contributed by atoms with E-state index in [9.17, 15) is 9.59 Å². The van der Waals surface area contributed by atoms with Crippen LogP contribution in [-0.4, -0.2) is 57.7 Å². The van der Waals surface area contributed by atoms with E-state index in [0.29, 0.717) is 30.2 Å². The molecule has 1 aliphatic rings. The predicted octanol–water partition coefficient (Wildman–Crippen LogP) is 2.99. The van der Waals surface area contributed by atoms with Gasteiger partial charge in [0.1, 0.15) is 5.56 Å². The summed E-state index contributed by atoms with van der Waals surface area (Å²) in [5.41, 5.74) is 0.409. The summed E-state index contributed by atoms with van der Waals surface area (Å²) in [5.74, 6) is 0.676. The second kappa shape index (κ2) is 12.3. The lowest BCUT2D eigenvalue weighted by Gasteiger charge is -2.19. The highest BCUT2D eigenvalue weighted by molar-refractivity contribution is 5.99. The van der Waals surface area contributed by atoms with Gasteiger partial charge in [0.05, 0.1) is 38.5 Å². The second-order valence-electron chi connectivity index (χ2n) is 7.04. The van der Waals surface area contributed by atoms with E-state index in [4.69, 9.17) is 18.9 Å². The molecule has 1 N–H and O–H groups in total. The number of aromatic nitrogens is 1. The minimum Gasteiger partial charge on any atom is -0.493 e. The number of nitrogens with zero attached hydrogens (tertiary/aromatic N) is 1. The van der Waals surface area contributed by atoms with E-state index in [-0.39, 0.29) is 30.4 Å². The van der Waals surface area contributed by atoms with Gasteiger partial charge in [-0.05, 0) is 37.5 Å². The van der Waals surface area contributed by atoms with E-state index in [1.54, 1.807) is 38.0 Å². The number of benzene rings is 1. The zero-order chi connectivity index (χ0) is 22.8. The number of carbonyl (C=O) groups is 1. The van der Waals surface area contributed by atoms with Gasteiger partial charge in [-0.3, -0.25) is 9.59 Å². The van der Waals surface area contributed by atoms with Crippen molar-refractivity contribution >= 4 is 16.8 Å². The van der Waals surface area contributed by atoms with Crippen molar-refractivity contribution in [1.82, 2.24) is 9.88 Å². The summed E-state index contributed by atoms with van der Waals surface area (Å²) in [5, 5.41) is 3.58. The van der Waals surface area contributed by atoms with Gasteiger partial charge in [0.15, 0.2) is 11.5 Å². The van der Waals surface area contributed by atoms with Gasteiger partial charge in [0.25, 0.3) is 11.5 Å². The van der Waals surface area contributed by atoms with Crippen LogP contribution in [0.1, 0.15) is 43.5 Å². The lowest BCUT2D eigenvalue weighted by atomic mass is 10.1. The summed E-state index contributed by atoms with van der Waals surface area (Å²) in [7, 11) is 4.67. The van der Waals surface area contributed by atoms with Crippen molar-refractivity contribution in [3.8, 4) is 11.5 Å². The van der Waals surface area contributed by atoms with Gasteiger partial charge in [-0.2, -0.15) is 0 Å². The number of methoxy groups -OCH3 is 3. The number of nitrogens with one attached hydrogen (secondary N) is 1. The van der Waals surface area contributed by atoms with Crippen LogP contribution in [0.15, 0.2) is 23.0 Å². The molecule has 0 atom stereocenters. The van der Waals surface area contributed by atoms with Gasteiger partial charge < -0.3 is 28.8 Å². The molecule has 1 aliphatic heterocycles. The lowest BCUT2D eigenvalue weighted by Crippen LogP contribution is -2.43. The average molecular weight is 435 g/mol. The summed E-state index contributed by atoms with van der Waals surface area (Å²) in [6.07, 6.45) is 2.66. The minimum atomic E-state index is -0.446. The van der Waals surface area contributed by atoms with Crippen molar-refractivity contribution in [1.29, 1.82) is 0 Å². The quantitative estimate of drug-likeness (QED) is 0.721. The molecule has 172 valence electrons. The summed E-state index contributed by atoms with van der Waals surface area (Å²) in [6.45, 7) is 5.65. The lowest BCUT2D eigenvalue weighted by molar-refractivity contribution is 0.0777. The highest BCUT2D eigenvalue weighted by atomic mass is 16.5. The van der Waals surface area contributed by atoms with Gasteiger partial charge in [0, 0.05) is 26.2 Å². The molecule has 0 unspecified atom stereocenters. The molecule has 0 bridgehead atoms. The molecule has 0 spiro atoms. The second-order valence-corrected chi connectivity index (χ2v) is 7.04. The van der Waals surface area contributed by atoms with E-state index in [2.05, 4.69) is 5.32 Å². The van der Waals surface area contributed by atoms with Gasteiger partial charge >= 0.3 is 0 Å². The Kier molecular flexibility index (Phi) is 9.81. The Morgan fingerprint density at radius 3 is 2.48 bits per heavy atom. The summed E-state index contributed by atoms with van der Waals surface area (Å²) in [6, 6.07) is 4.90. The monoisotopic (exact) mass is 434 g/mol. The van der Waals surface area contributed by atoms with Crippen LogP contribution in [0, 0.1) is 0 Å². The predicted molar refractivity (Wildman–Crippen MR) is 120 cm³/mol. The molecular weight excluding hydrogens is 400 g/mol. The SMILES string of the molecule is CC.COCC(COC)NC(=O)c1cc2ccc(OC)c3c2n(c1=O)CCCCCO3. The molecule has 1 aromatic heterocycles. The first-order chi connectivity index (χ1) is 15.1. The van der Waals surface area contributed by atoms with Crippen LogP contribution in [-0.2, 0) is 16.0 Å². The molecule has 31 heavy (non-hydrogen) atoms. The van der Waals surface area contributed by atoms with E-state index in [1.165, 1.54) is 0 Å². The summed E-state index contributed by atoms with van der Waals surface area (Å²) in [4.78, 5) is 26.2. The molecule has 2 aromatic rings. The van der Waals surface area contributed by atoms with Crippen LogP contribution < -0.4 is 20.3 Å². The van der Waals surface area contributed by atoms with Crippen molar-refractivity contribution in [3.63, 3.8) is 0 Å². The maximum atomic E-state index is 13.3. The zero-order valence-corrected chi connectivity index (χ0v) is 19.2. The van der Waals surface area contributed by atoms with Crippen molar-refractivity contribution < 1.29 is 23.7 Å².